The number of nitrogens with two attached hydrogens (primary N) is 1. The molecule has 0 aliphatic carbocycles. The van der Waals surface area contributed by atoms with Crippen molar-refractivity contribution in [2.24, 2.45) is 5.84 Å². The third-order valence-corrected chi connectivity index (χ3v) is 4.39. The highest BCUT2D eigenvalue weighted by molar-refractivity contribution is 6.36. The number of urea groups is 1. The van der Waals surface area contributed by atoms with Crippen LogP contribution in [0.3, 0.4) is 0 Å². The van der Waals surface area contributed by atoms with Crippen molar-refractivity contribution in [1.82, 2.24) is 15.3 Å². The number of hydrogen-bond acceptors (Lipinski definition) is 4. The molecule has 0 radical (unpaired) electrons. The topological polar surface area (TPSA) is 80.5 Å². The third-order valence-electron chi connectivity index (χ3n) is 3.89. The van der Waals surface area contributed by atoms with Crippen LogP contribution in [0.1, 0.15) is 25.6 Å². The molecule has 2 amide bonds. The molecule has 11 heteroatoms. The molecular formula is C18H19Cl2F3N4O2. The molecule has 0 saturated carbocycles. The number of hydrogen-bond donors (Lipinski definition) is 2. The monoisotopic (exact) mass is 450 g/mol. The lowest BCUT2D eigenvalue weighted by Crippen LogP contribution is -2.45. The molecule has 0 aliphatic rings. The highest BCUT2D eigenvalue weighted by Gasteiger charge is 2.20. The summed E-state index contributed by atoms with van der Waals surface area (Å²) in [5.41, 5.74) is 0.388. The summed E-state index contributed by atoms with van der Waals surface area (Å²) >= 11 is 12.0. The molecule has 1 heterocycles. The summed E-state index contributed by atoms with van der Waals surface area (Å²) in [4.78, 5) is 15.9. The molecule has 6 nitrogen and oxygen atoms in total. The molecule has 0 aliphatic heterocycles. The Bertz CT molecular complexity index is 886. The van der Waals surface area contributed by atoms with Crippen LogP contribution in [0.25, 0.3) is 11.1 Å². The quantitative estimate of drug-likeness (QED) is 0.360. The Morgan fingerprint density at radius 2 is 2.03 bits per heavy atom. The molecule has 0 fully saturated rings. The second kappa shape index (κ2) is 10.00. The number of pyridine rings is 1. The Hall–Kier alpha value is -2.23. The van der Waals surface area contributed by atoms with Crippen molar-refractivity contribution >= 4 is 29.2 Å². The van der Waals surface area contributed by atoms with E-state index in [4.69, 9.17) is 33.8 Å². The predicted octanol–water partition coefficient (Wildman–Crippen LogP) is 4.80. The first-order chi connectivity index (χ1) is 13.6. The van der Waals surface area contributed by atoms with E-state index in [1.165, 1.54) is 18.3 Å². The van der Waals surface area contributed by atoms with E-state index in [-0.39, 0.29) is 39.2 Å². The number of aromatic nitrogens is 1. The lowest BCUT2D eigenvalue weighted by atomic mass is 10.0. The van der Waals surface area contributed by atoms with Gasteiger partial charge in [0.2, 0.25) is 0 Å². The van der Waals surface area contributed by atoms with E-state index in [1.54, 1.807) is 13.8 Å². The molecule has 0 bridgehead atoms. The largest absolute Gasteiger partial charge is 0.485 e. The Morgan fingerprint density at radius 3 is 2.62 bits per heavy atom. The zero-order chi connectivity index (χ0) is 21.7. The zero-order valence-electron chi connectivity index (χ0n) is 15.6. The highest BCUT2D eigenvalue weighted by atomic mass is 35.5. The van der Waals surface area contributed by atoms with Gasteiger partial charge in [0.05, 0.1) is 16.8 Å². The first-order valence-electron chi connectivity index (χ1n) is 8.52. The summed E-state index contributed by atoms with van der Waals surface area (Å²) in [6.07, 6.45) is -1.42. The van der Waals surface area contributed by atoms with Crippen molar-refractivity contribution in [3.63, 3.8) is 0 Å². The fourth-order valence-corrected chi connectivity index (χ4v) is 3.01. The number of ether oxygens (including phenoxy) is 1. The van der Waals surface area contributed by atoms with Gasteiger partial charge < -0.3 is 10.1 Å². The van der Waals surface area contributed by atoms with Gasteiger partial charge >= 0.3 is 6.03 Å². The van der Waals surface area contributed by atoms with Crippen LogP contribution >= 0.6 is 23.2 Å². The maximum Gasteiger partial charge on any atom is 0.332 e. The number of hydrazine groups is 1. The lowest BCUT2D eigenvalue weighted by Gasteiger charge is -2.20. The minimum Gasteiger partial charge on any atom is -0.485 e. The first kappa shape index (κ1) is 23.1. The van der Waals surface area contributed by atoms with Gasteiger partial charge in [-0.1, -0.05) is 23.2 Å². The molecule has 1 atom stereocenters. The van der Waals surface area contributed by atoms with Crippen molar-refractivity contribution in [1.29, 1.82) is 0 Å². The number of halogens is 5. The minimum atomic E-state index is -2.72. The Kier molecular flexibility index (Phi) is 7.95. The van der Waals surface area contributed by atoms with Crippen LogP contribution < -0.4 is 15.9 Å². The van der Waals surface area contributed by atoms with Crippen molar-refractivity contribution < 1.29 is 22.7 Å². The fourth-order valence-electron chi connectivity index (χ4n) is 2.46. The number of carbonyl (C=O) groups is 1. The molecule has 158 valence electrons. The molecule has 0 saturated heterocycles. The summed E-state index contributed by atoms with van der Waals surface area (Å²) in [6, 6.07) is 2.50. The van der Waals surface area contributed by atoms with E-state index in [9.17, 15) is 18.0 Å². The maximum absolute atomic E-state index is 14.7. The highest BCUT2D eigenvalue weighted by Crippen LogP contribution is 2.39. The van der Waals surface area contributed by atoms with Crippen molar-refractivity contribution in [2.45, 2.75) is 26.3 Å². The molecule has 29 heavy (non-hydrogen) atoms. The number of nitrogens with one attached hydrogen (secondary N) is 1. The van der Waals surface area contributed by atoms with Crippen LogP contribution in [0, 0.1) is 5.82 Å². The number of rotatable bonds is 7. The second-order valence-electron chi connectivity index (χ2n) is 6.01. The van der Waals surface area contributed by atoms with Gasteiger partial charge in [-0.2, -0.15) is 0 Å². The SMILES string of the molecule is CCN(N)C(=O)NC(C)c1ncc(-c2cc(Cl)cc(Cl)c2OCC(F)F)cc1F. The summed E-state index contributed by atoms with van der Waals surface area (Å²) in [5.74, 6) is 4.70. The Morgan fingerprint density at radius 1 is 1.34 bits per heavy atom. The fraction of sp³-hybridized carbons (Fsp3) is 0.333. The first-order valence-corrected chi connectivity index (χ1v) is 9.28. The molecule has 3 N–H and O–H groups in total. The van der Waals surface area contributed by atoms with E-state index in [0.717, 1.165) is 11.1 Å². The predicted molar refractivity (Wildman–Crippen MR) is 105 cm³/mol. The average molecular weight is 451 g/mol. The van der Waals surface area contributed by atoms with E-state index in [0.29, 0.717) is 0 Å². The standard InChI is InChI=1S/C18H19Cl2F3N4O2/c1-3-27(24)18(28)26-9(2)16-14(21)4-10(7-25-16)12-5-11(19)6-13(20)17(12)29-8-15(22)23/h4-7,9,15H,3,8,24H2,1-2H3,(H,26,28). The van der Waals surface area contributed by atoms with Gasteiger partial charge in [0.1, 0.15) is 18.2 Å². The van der Waals surface area contributed by atoms with Gasteiger partial charge in [0.25, 0.3) is 6.43 Å². The van der Waals surface area contributed by atoms with Gasteiger partial charge in [0, 0.05) is 28.9 Å². The number of alkyl halides is 2. The van der Waals surface area contributed by atoms with Gasteiger partial charge in [-0.25, -0.2) is 23.8 Å². The molecule has 2 rings (SSSR count). The smallest absolute Gasteiger partial charge is 0.332 e. The minimum absolute atomic E-state index is 0.000805. The van der Waals surface area contributed by atoms with Gasteiger partial charge in [-0.15, -0.1) is 0 Å². The van der Waals surface area contributed by atoms with Crippen LogP contribution in [0.4, 0.5) is 18.0 Å². The van der Waals surface area contributed by atoms with Gasteiger partial charge in [-0.05, 0) is 32.0 Å². The summed E-state index contributed by atoms with van der Waals surface area (Å²) in [5, 5.41) is 3.66. The third kappa shape index (κ3) is 5.88. The van der Waals surface area contributed by atoms with E-state index in [2.05, 4.69) is 10.3 Å². The van der Waals surface area contributed by atoms with Crippen LogP contribution in [-0.4, -0.2) is 35.6 Å². The summed E-state index contributed by atoms with van der Waals surface area (Å²) in [6.45, 7) is 2.60. The summed E-state index contributed by atoms with van der Waals surface area (Å²) < 4.78 is 44.9. The average Bonchev–Trinajstić information content (AvgIpc) is 2.65. The maximum atomic E-state index is 14.7. The van der Waals surface area contributed by atoms with Crippen molar-refractivity contribution in [2.75, 3.05) is 13.2 Å². The Labute approximate surface area is 175 Å². The molecule has 0 spiro atoms. The number of carbonyl (C=O) groups excluding carboxylic acids is 1. The molecule has 2 aromatic rings. The van der Waals surface area contributed by atoms with E-state index >= 15 is 0 Å². The normalized spacial score (nSPS) is 12.0. The Balaban J connectivity index is 2.36. The lowest BCUT2D eigenvalue weighted by molar-refractivity contribution is 0.0822. The van der Waals surface area contributed by atoms with Crippen LogP contribution in [0.5, 0.6) is 5.75 Å². The van der Waals surface area contributed by atoms with Crippen molar-refractivity contribution in [3.8, 4) is 16.9 Å². The number of nitrogens with zero attached hydrogens (tertiary/aromatic N) is 2. The van der Waals surface area contributed by atoms with Gasteiger partial charge in [-0.3, -0.25) is 9.99 Å². The van der Waals surface area contributed by atoms with Crippen LogP contribution in [-0.2, 0) is 0 Å². The van der Waals surface area contributed by atoms with Crippen LogP contribution in [0.2, 0.25) is 10.0 Å². The molecule has 1 unspecified atom stereocenters. The van der Waals surface area contributed by atoms with E-state index in [1.807, 2.05) is 0 Å². The van der Waals surface area contributed by atoms with Crippen molar-refractivity contribution in [3.05, 3.63) is 46.0 Å². The number of amides is 2. The zero-order valence-corrected chi connectivity index (χ0v) is 17.1. The molecular weight excluding hydrogens is 432 g/mol. The van der Waals surface area contributed by atoms with Gasteiger partial charge in [0.15, 0.2) is 0 Å². The van der Waals surface area contributed by atoms with Crippen LogP contribution in [0.15, 0.2) is 24.4 Å². The van der Waals surface area contributed by atoms with E-state index < -0.39 is 30.9 Å². The second-order valence-corrected chi connectivity index (χ2v) is 6.86. The molecule has 1 aromatic carbocycles. The summed E-state index contributed by atoms with van der Waals surface area (Å²) in [7, 11) is 0. The molecule has 1 aromatic heterocycles. The number of benzene rings is 1.